The fourth-order valence-electron chi connectivity index (χ4n) is 3.20. The number of carbonyl (C=O) groups excluding carboxylic acids is 2. The summed E-state index contributed by atoms with van der Waals surface area (Å²) in [6.45, 7) is 1.66. The summed E-state index contributed by atoms with van der Waals surface area (Å²) in [5.41, 5.74) is 1.43. The molecule has 27 heavy (non-hydrogen) atoms. The molecular formula is C21H25N3O3. The molecule has 6 heteroatoms. The van der Waals surface area contributed by atoms with Crippen LogP contribution >= 0.6 is 0 Å². The Bertz CT molecular complexity index is 752. The number of nitrogens with one attached hydrogen (secondary N) is 3. The monoisotopic (exact) mass is 367 g/mol. The lowest BCUT2D eigenvalue weighted by atomic mass is 10.0. The molecule has 3 atom stereocenters. The van der Waals surface area contributed by atoms with Crippen molar-refractivity contribution >= 4 is 11.8 Å². The first kappa shape index (κ1) is 19.1. The van der Waals surface area contributed by atoms with Gasteiger partial charge in [-0.15, -0.1) is 0 Å². The van der Waals surface area contributed by atoms with Gasteiger partial charge in [-0.2, -0.15) is 0 Å². The molecule has 3 rings (SSSR count). The van der Waals surface area contributed by atoms with Crippen LogP contribution in [0.3, 0.4) is 0 Å². The molecule has 1 saturated heterocycles. The van der Waals surface area contributed by atoms with E-state index in [4.69, 9.17) is 0 Å². The Morgan fingerprint density at radius 1 is 1.04 bits per heavy atom. The topological polar surface area (TPSA) is 90.5 Å². The molecule has 2 aromatic carbocycles. The Kier molecular flexibility index (Phi) is 6.57. The number of carbonyl (C=O) groups is 2. The number of aliphatic hydroxyl groups is 1. The van der Waals surface area contributed by atoms with Crippen LogP contribution in [-0.4, -0.2) is 42.7 Å². The second-order valence-corrected chi connectivity index (χ2v) is 6.80. The zero-order valence-corrected chi connectivity index (χ0v) is 15.1. The SMILES string of the molecule is O=C(CC(NC(=O)c1ccccc1)c1ccccc1)NCC1CNCC1O. The highest BCUT2D eigenvalue weighted by Gasteiger charge is 2.26. The minimum absolute atomic E-state index is 0.0167. The summed E-state index contributed by atoms with van der Waals surface area (Å²) >= 11 is 0. The van der Waals surface area contributed by atoms with E-state index in [9.17, 15) is 14.7 Å². The summed E-state index contributed by atoms with van der Waals surface area (Å²) in [5, 5.41) is 18.8. The molecule has 0 saturated carbocycles. The molecule has 2 amide bonds. The van der Waals surface area contributed by atoms with Gasteiger partial charge in [0, 0.05) is 31.1 Å². The zero-order chi connectivity index (χ0) is 19.1. The third-order valence-electron chi connectivity index (χ3n) is 4.80. The third kappa shape index (κ3) is 5.39. The quantitative estimate of drug-likeness (QED) is 0.593. The maximum atomic E-state index is 12.5. The van der Waals surface area contributed by atoms with Gasteiger partial charge in [0.1, 0.15) is 0 Å². The van der Waals surface area contributed by atoms with Crippen molar-refractivity contribution in [2.45, 2.75) is 18.6 Å². The van der Waals surface area contributed by atoms with E-state index in [0.717, 1.165) is 5.56 Å². The van der Waals surface area contributed by atoms with Crippen LogP contribution in [0.1, 0.15) is 28.4 Å². The first-order chi connectivity index (χ1) is 13.1. The van der Waals surface area contributed by atoms with E-state index in [0.29, 0.717) is 25.2 Å². The molecule has 1 heterocycles. The Morgan fingerprint density at radius 3 is 2.33 bits per heavy atom. The molecule has 1 aliphatic rings. The van der Waals surface area contributed by atoms with E-state index >= 15 is 0 Å². The van der Waals surface area contributed by atoms with Crippen molar-refractivity contribution in [1.29, 1.82) is 0 Å². The summed E-state index contributed by atoms with van der Waals surface area (Å²) in [4.78, 5) is 25.0. The van der Waals surface area contributed by atoms with Gasteiger partial charge in [0.15, 0.2) is 0 Å². The Morgan fingerprint density at radius 2 is 1.70 bits per heavy atom. The molecule has 0 radical (unpaired) electrons. The van der Waals surface area contributed by atoms with Gasteiger partial charge >= 0.3 is 0 Å². The van der Waals surface area contributed by atoms with Crippen LogP contribution < -0.4 is 16.0 Å². The maximum Gasteiger partial charge on any atom is 0.251 e. The number of aliphatic hydroxyl groups excluding tert-OH is 1. The molecule has 4 N–H and O–H groups in total. The number of benzene rings is 2. The third-order valence-corrected chi connectivity index (χ3v) is 4.80. The molecule has 2 aromatic rings. The van der Waals surface area contributed by atoms with E-state index in [2.05, 4.69) is 16.0 Å². The van der Waals surface area contributed by atoms with Gasteiger partial charge in [0.05, 0.1) is 18.6 Å². The molecule has 1 aliphatic heterocycles. The van der Waals surface area contributed by atoms with Gasteiger partial charge in [-0.05, 0) is 17.7 Å². The van der Waals surface area contributed by atoms with Gasteiger partial charge < -0.3 is 21.1 Å². The van der Waals surface area contributed by atoms with Gasteiger partial charge in [0.2, 0.25) is 5.91 Å². The van der Waals surface area contributed by atoms with E-state index < -0.39 is 12.1 Å². The van der Waals surface area contributed by atoms with Gasteiger partial charge in [-0.3, -0.25) is 9.59 Å². The van der Waals surface area contributed by atoms with Crippen LogP contribution in [0.15, 0.2) is 60.7 Å². The van der Waals surface area contributed by atoms with Crippen LogP contribution in [0.25, 0.3) is 0 Å². The number of amides is 2. The average Bonchev–Trinajstić information content (AvgIpc) is 3.12. The largest absolute Gasteiger partial charge is 0.391 e. The lowest BCUT2D eigenvalue weighted by molar-refractivity contribution is -0.121. The van der Waals surface area contributed by atoms with Crippen LogP contribution in [0.2, 0.25) is 0 Å². The average molecular weight is 367 g/mol. The Hall–Kier alpha value is -2.70. The van der Waals surface area contributed by atoms with Crippen molar-refractivity contribution in [3.05, 3.63) is 71.8 Å². The lowest BCUT2D eigenvalue weighted by Gasteiger charge is -2.20. The summed E-state index contributed by atoms with van der Waals surface area (Å²) in [6, 6.07) is 18.0. The molecule has 0 spiro atoms. The van der Waals surface area contributed by atoms with Crippen LogP contribution in [0.4, 0.5) is 0 Å². The van der Waals surface area contributed by atoms with E-state index in [1.165, 1.54) is 0 Å². The standard InChI is InChI=1S/C21H25N3O3/c25-19-14-22-12-17(19)13-23-20(26)11-18(15-7-3-1-4-8-15)24-21(27)16-9-5-2-6-10-16/h1-10,17-19,22,25H,11-14H2,(H,23,26)(H,24,27). The number of hydrogen-bond donors (Lipinski definition) is 4. The van der Waals surface area contributed by atoms with E-state index in [1.807, 2.05) is 36.4 Å². The molecule has 0 aliphatic carbocycles. The number of β-amino-alcohol motifs (C(OH)–C–C–N with tert-alkyl or cyclic N) is 1. The molecule has 142 valence electrons. The Balaban J connectivity index is 1.63. The fourth-order valence-corrected chi connectivity index (χ4v) is 3.20. The predicted octanol–water partition coefficient (Wildman–Crippen LogP) is 1.24. The highest BCUT2D eigenvalue weighted by molar-refractivity contribution is 5.94. The number of rotatable bonds is 7. The normalized spacial score (nSPS) is 20.0. The lowest BCUT2D eigenvalue weighted by Crippen LogP contribution is -2.37. The van der Waals surface area contributed by atoms with Crippen molar-refractivity contribution in [1.82, 2.24) is 16.0 Å². The molecule has 3 unspecified atom stereocenters. The van der Waals surface area contributed by atoms with Crippen molar-refractivity contribution in [3.63, 3.8) is 0 Å². The van der Waals surface area contributed by atoms with Crippen molar-refractivity contribution in [3.8, 4) is 0 Å². The molecule has 1 fully saturated rings. The molecule has 6 nitrogen and oxygen atoms in total. The summed E-state index contributed by atoms with van der Waals surface area (Å²) < 4.78 is 0. The summed E-state index contributed by atoms with van der Waals surface area (Å²) in [6.07, 6.45) is -0.299. The van der Waals surface area contributed by atoms with Crippen molar-refractivity contribution in [2.75, 3.05) is 19.6 Å². The van der Waals surface area contributed by atoms with Crippen LogP contribution in [0.5, 0.6) is 0 Å². The second kappa shape index (κ2) is 9.30. The zero-order valence-electron chi connectivity index (χ0n) is 15.1. The highest BCUT2D eigenvalue weighted by Crippen LogP contribution is 2.18. The predicted molar refractivity (Wildman–Crippen MR) is 103 cm³/mol. The van der Waals surface area contributed by atoms with Gasteiger partial charge in [-0.25, -0.2) is 0 Å². The Labute approximate surface area is 159 Å². The molecule has 0 bridgehead atoms. The smallest absolute Gasteiger partial charge is 0.251 e. The maximum absolute atomic E-state index is 12.5. The fraction of sp³-hybridized carbons (Fsp3) is 0.333. The summed E-state index contributed by atoms with van der Waals surface area (Å²) in [5.74, 6) is -0.355. The minimum Gasteiger partial charge on any atom is -0.391 e. The molecule has 0 aromatic heterocycles. The molecular weight excluding hydrogens is 342 g/mol. The van der Waals surface area contributed by atoms with Crippen LogP contribution in [-0.2, 0) is 4.79 Å². The van der Waals surface area contributed by atoms with E-state index in [-0.39, 0.29) is 24.2 Å². The van der Waals surface area contributed by atoms with Crippen LogP contribution in [0, 0.1) is 5.92 Å². The van der Waals surface area contributed by atoms with Crippen molar-refractivity contribution in [2.24, 2.45) is 5.92 Å². The highest BCUT2D eigenvalue weighted by atomic mass is 16.3. The summed E-state index contributed by atoms with van der Waals surface area (Å²) in [7, 11) is 0. The van der Waals surface area contributed by atoms with Gasteiger partial charge in [-0.1, -0.05) is 48.5 Å². The van der Waals surface area contributed by atoms with Crippen molar-refractivity contribution < 1.29 is 14.7 Å². The first-order valence-corrected chi connectivity index (χ1v) is 9.20. The number of hydrogen-bond acceptors (Lipinski definition) is 4. The first-order valence-electron chi connectivity index (χ1n) is 9.20. The van der Waals surface area contributed by atoms with Gasteiger partial charge in [0.25, 0.3) is 5.91 Å². The van der Waals surface area contributed by atoms with E-state index in [1.54, 1.807) is 24.3 Å². The minimum atomic E-state index is -0.437. The second-order valence-electron chi connectivity index (χ2n) is 6.80.